The van der Waals surface area contributed by atoms with Gasteiger partial charge >= 0.3 is 11.9 Å². The van der Waals surface area contributed by atoms with Gasteiger partial charge in [0, 0.05) is 11.8 Å². The molecule has 0 radical (unpaired) electrons. The maximum absolute atomic E-state index is 12.5. The molecule has 8 heteroatoms. The highest BCUT2D eigenvalue weighted by Crippen LogP contribution is 2.21. The smallest absolute Gasteiger partial charge is 0.337 e. The molecule has 0 bridgehead atoms. The van der Waals surface area contributed by atoms with Crippen molar-refractivity contribution in [3.05, 3.63) is 53.6 Å². The molecule has 1 amide bonds. The third-order valence-corrected chi connectivity index (χ3v) is 3.77. The largest absolute Gasteiger partial charge is 0.497 e. The van der Waals surface area contributed by atoms with E-state index in [-0.39, 0.29) is 16.8 Å². The molecule has 2 rings (SSSR count). The van der Waals surface area contributed by atoms with E-state index in [9.17, 15) is 14.4 Å². The molecule has 0 aliphatic carbocycles. The van der Waals surface area contributed by atoms with E-state index < -0.39 is 23.9 Å². The lowest BCUT2D eigenvalue weighted by molar-refractivity contribution is -0.122. The minimum Gasteiger partial charge on any atom is -0.497 e. The number of benzene rings is 2. The first kappa shape index (κ1) is 20.8. The lowest BCUT2D eigenvalue weighted by Crippen LogP contribution is -2.30. The summed E-state index contributed by atoms with van der Waals surface area (Å²) in [6.07, 6.45) is -0.851. The van der Waals surface area contributed by atoms with Crippen LogP contribution >= 0.6 is 0 Å². The molecule has 0 aromatic heterocycles. The zero-order valence-electron chi connectivity index (χ0n) is 16.0. The van der Waals surface area contributed by atoms with Crippen molar-refractivity contribution in [2.45, 2.75) is 13.0 Å². The molecular weight excluding hydrogens is 366 g/mol. The van der Waals surface area contributed by atoms with Gasteiger partial charge in [-0.15, -0.1) is 0 Å². The van der Waals surface area contributed by atoms with Crippen LogP contribution in [0.5, 0.6) is 11.5 Å². The monoisotopic (exact) mass is 387 g/mol. The van der Waals surface area contributed by atoms with Gasteiger partial charge < -0.3 is 24.3 Å². The molecule has 2 aromatic rings. The third kappa shape index (κ3) is 5.23. The van der Waals surface area contributed by atoms with E-state index in [1.54, 1.807) is 31.2 Å². The van der Waals surface area contributed by atoms with E-state index >= 15 is 0 Å². The minimum atomic E-state index is -0.851. The van der Waals surface area contributed by atoms with E-state index in [4.69, 9.17) is 9.47 Å². The zero-order valence-corrected chi connectivity index (χ0v) is 16.0. The second-order valence-corrected chi connectivity index (χ2v) is 5.71. The van der Waals surface area contributed by atoms with Gasteiger partial charge in [0.2, 0.25) is 0 Å². The molecule has 0 aliphatic rings. The first-order chi connectivity index (χ1) is 13.4. The van der Waals surface area contributed by atoms with Crippen LogP contribution < -0.4 is 14.8 Å². The topological polar surface area (TPSA) is 100 Å². The summed E-state index contributed by atoms with van der Waals surface area (Å²) in [7, 11) is 3.97. The van der Waals surface area contributed by atoms with E-state index in [1.165, 1.54) is 39.5 Å². The highest BCUT2D eigenvalue weighted by atomic mass is 16.5. The van der Waals surface area contributed by atoms with Crippen LogP contribution in [0, 0.1) is 0 Å². The second-order valence-electron chi connectivity index (χ2n) is 5.71. The summed E-state index contributed by atoms with van der Waals surface area (Å²) in [5.41, 5.74) is 0.429. The fraction of sp³-hybridized carbons (Fsp3) is 0.250. The van der Waals surface area contributed by atoms with Gasteiger partial charge in [-0.2, -0.15) is 0 Å². The number of anilines is 1. The van der Waals surface area contributed by atoms with Gasteiger partial charge in [-0.25, -0.2) is 9.59 Å². The Morgan fingerprint density at radius 1 is 0.857 bits per heavy atom. The summed E-state index contributed by atoms with van der Waals surface area (Å²) in [5, 5.41) is 2.62. The fourth-order valence-electron chi connectivity index (χ4n) is 2.35. The Bertz CT molecular complexity index is 844. The first-order valence-electron chi connectivity index (χ1n) is 8.31. The van der Waals surface area contributed by atoms with Crippen molar-refractivity contribution in [3.8, 4) is 11.5 Å². The molecule has 28 heavy (non-hydrogen) atoms. The number of rotatable bonds is 7. The van der Waals surface area contributed by atoms with Crippen molar-refractivity contribution in [1.29, 1.82) is 0 Å². The maximum atomic E-state index is 12.5. The van der Waals surface area contributed by atoms with Crippen molar-refractivity contribution in [2.24, 2.45) is 0 Å². The lowest BCUT2D eigenvalue weighted by Gasteiger charge is -2.16. The van der Waals surface area contributed by atoms with Crippen LogP contribution in [0.15, 0.2) is 42.5 Å². The van der Waals surface area contributed by atoms with Crippen LogP contribution in [0.4, 0.5) is 5.69 Å². The Labute approximate surface area is 162 Å². The van der Waals surface area contributed by atoms with Crippen LogP contribution in [0.2, 0.25) is 0 Å². The van der Waals surface area contributed by atoms with E-state index in [2.05, 4.69) is 14.8 Å². The summed E-state index contributed by atoms with van der Waals surface area (Å²) < 4.78 is 20.1. The average Bonchev–Trinajstić information content (AvgIpc) is 2.72. The number of carbonyl (C=O) groups excluding carboxylic acids is 3. The van der Waals surface area contributed by atoms with E-state index in [0.29, 0.717) is 11.5 Å². The predicted octanol–water partition coefficient (Wildman–Crippen LogP) is 2.67. The van der Waals surface area contributed by atoms with Crippen LogP contribution in [0.3, 0.4) is 0 Å². The van der Waals surface area contributed by atoms with Gasteiger partial charge in [-0.05, 0) is 37.3 Å². The Balaban J connectivity index is 2.19. The number of hydrogen-bond acceptors (Lipinski definition) is 7. The van der Waals surface area contributed by atoms with Crippen molar-refractivity contribution in [2.75, 3.05) is 26.6 Å². The predicted molar refractivity (Wildman–Crippen MR) is 101 cm³/mol. The number of amides is 1. The molecule has 1 unspecified atom stereocenters. The van der Waals surface area contributed by atoms with E-state index in [1.807, 2.05) is 0 Å². The highest BCUT2D eigenvalue weighted by molar-refractivity contribution is 6.00. The van der Waals surface area contributed by atoms with Crippen LogP contribution in [0.1, 0.15) is 27.6 Å². The van der Waals surface area contributed by atoms with Gasteiger partial charge in [0.1, 0.15) is 11.5 Å². The molecule has 2 aromatic carbocycles. The Morgan fingerprint density at radius 2 is 1.43 bits per heavy atom. The molecule has 0 saturated carbocycles. The number of carbonyl (C=O) groups is 3. The molecule has 1 N–H and O–H groups in total. The number of esters is 2. The lowest BCUT2D eigenvalue weighted by atomic mass is 10.1. The molecule has 0 heterocycles. The Morgan fingerprint density at radius 3 is 1.96 bits per heavy atom. The van der Waals surface area contributed by atoms with E-state index in [0.717, 1.165) is 0 Å². The molecule has 0 spiro atoms. The molecule has 1 atom stereocenters. The summed E-state index contributed by atoms with van der Waals surface area (Å²) >= 11 is 0. The quantitative estimate of drug-likeness (QED) is 0.729. The molecule has 0 fully saturated rings. The minimum absolute atomic E-state index is 0.0991. The fourth-order valence-corrected chi connectivity index (χ4v) is 2.35. The van der Waals surface area contributed by atoms with Crippen molar-refractivity contribution in [1.82, 2.24) is 0 Å². The van der Waals surface area contributed by atoms with Crippen molar-refractivity contribution in [3.63, 3.8) is 0 Å². The molecule has 148 valence electrons. The van der Waals surface area contributed by atoms with Gasteiger partial charge in [0.05, 0.1) is 32.5 Å². The summed E-state index contributed by atoms with van der Waals surface area (Å²) in [5.74, 6) is -0.719. The molecule has 8 nitrogen and oxygen atoms in total. The average molecular weight is 387 g/mol. The molecule has 0 saturated heterocycles. The van der Waals surface area contributed by atoms with Gasteiger partial charge in [-0.3, -0.25) is 4.79 Å². The zero-order chi connectivity index (χ0) is 20.7. The van der Waals surface area contributed by atoms with Crippen LogP contribution in [-0.4, -0.2) is 45.3 Å². The van der Waals surface area contributed by atoms with Gasteiger partial charge in [0.25, 0.3) is 5.91 Å². The maximum Gasteiger partial charge on any atom is 0.337 e. The summed E-state index contributed by atoms with van der Waals surface area (Å²) in [6, 6.07) is 11.0. The number of hydrogen-bond donors (Lipinski definition) is 1. The van der Waals surface area contributed by atoms with Crippen LogP contribution in [-0.2, 0) is 14.3 Å². The second kappa shape index (κ2) is 9.40. The van der Waals surface area contributed by atoms with Gasteiger partial charge in [-0.1, -0.05) is 6.07 Å². The Hall–Kier alpha value is -3.55. The van der Waals surface area contributed by atoms with Crippen LogP contribution in [0.25, 0.3) is 0 Å². The summed E-state index contributed by atoms with van der Waals surface area (Å²) in [4.78, 5) is 36.1. The highest BCUT2D eigenvalue weighted by Gasteiger charge is 2.18. The molecule has 0 aliphatic heterocycles. The first-order valence-corrected chi connectivity index (χ1v) is 8.31. The standard InChI is InChI=1S/C20H21NO7/c1-12(28-17-7-5-6-16(11-17)25-2)18(22)21-15-9-13(19(23)26-3)8-14(10-15)20(24)27-4/h5-12H,1-4H3,(H,21,22). The van der Waals surface area contributed by atoms with Crippen molar-refractivity contribution >= 4 is 23.5 Å². The number of methoxy groups -OCH3 is 3. The SMILES string of the molecule is COC(=O)c1cc(NC(=O)C(C)Oc2cccc(OC)c2)cc(C(=O)OC)c1. The number of ether oxygens (including phenoxy) is 4. The number of nitrogens with one attached hydrogen (secondary N) is 1. The Kier molecular flexibility index (Phi) is 6.97. The normalized spacial score (nSPS) is 11.1. The molecular formula is C20H21NO7. The summed E-state index contributed by atoms with van der Waals surface area (Å²) in [6.45, 7) is 1.57. The van der Waals surface area contributed by atoms with Crippen molar-refractivity contribution < 1.29 is 33.3 Å². The van der Waals surface area contributed by atoms with Gasteiger partial charge in [0.15, 0.2) is 6.10 Å². The third-order valence-electron chi connectivity index (χ3n) is 3.77.